The number of carbonyl (C=O) groups is 4. The van der Waals surface area contributed by atoms with Gasteiger partial charge in [0.05, 0.1) is 24.2 Å². The number of benzene rings is 1. The van der Waals surface area contributed by atoms with Crippen molar-refractivity contribution in [3.8, 4) is 17.1 Å². The largest absolute Gasteiger partial charge is 0.508 e. The van der Waals surface area contributed by atoms with Gasteiger partial charge in [-0.25, -0.2) is 9.86 Å². The summed E-state index contributed by atoms with van der Waals surface area (Å²) in [5.74, 6) is -3.07. The highest BCUT2D eigenvalue weighted by molar-refractivity contribution is 5.93. The van der Waals surface area contributed by atoms with Crippen molar-refractivity contribution < 1.29 is 39.0 Å². The average Bonchev–Trinajstić information content (AvgIpc) is 3.33. The summed E-state index contributed by atoms with van der Waals surface area (Å²) in [7, 11) is 0. The molecule has 0 fully saturated rings. The zero-order chi connectivity index (χ0) is 26.0. The maximum Gasteiger partial charge on any atom is 0.335 e. The van der Waals surface area contributed by atoms with E-state index in [9.17, 15) is 29.5 Å². The van der Waals surface area contributed by atoms with Crippen molar-refractivity contribution in [3.63, 3.8) is 0 Å². The van der Waals surface area contributed by atoms with Crippen LogP contribution >= 0.6 is 0 Å². The number of carboxylic acid groups (broad SMARTS) is 1. The molecule has 0 radical (unpaired) electrons. The number of unbranched alkanes of at least 4 members (excludes halogenated alkanes) is 2. The molecule has 0 saturated heterocycles. The van der Waals surface area contributed by atoms with Crippen LogP contribution in [0.4, 0.5) is 0 Å². The molecule has 11 heteroatoms. The molecule has 3 amide bonds. The van der Waals surface area contributed by atoms with E-state index in [1.165, 1.54) is 24.3 Å². The number of aromatic carboxylic acids is 1. The van der Waals surface area contributed by atoms with Crippen molar-refractivity contribution in [2.24, 2.45) is 5.92 Å². The first kappa shape index (κ1) is 27.4. The van der Waals surface area contributed by atoms with E-state index >= 15 is 0 Å². The molecule has 0 aliphatic carbocycles. The summed E-state index contributed by atoms with van der Waals surface area (Å²) in [4.78, 5) is 47.4. The van der Waals surface area contributed by atoms with Gasteiger partial charge in [-0.3, -0.25) is 19.6 Å². The maximum absolute atomic E-state index is 12.8. The minimum absolute atomic E-state index is 0.0807. The Hall–Kier alpha value is -3.86. The van der Waals surface area contributed by atoms with Gasteiger partial charge >= 0.3 is 5.97 Å². The lowest BCUT2D eigenvalue weighted by molar-refractivity contribution is -0.168. The van der Waals surface area contributed by atoms with Gasteiger partial charge in [-0.2, -0.15) is 0 Å². The fourth-order valence-corrected chi connectivity index (χ4v) is 3.77. The Bertz CT molecular complexity index is 1040. The standard InChI is InChI=1S/C24H31N3O8/c1-3-5-6-7-18(19(4-2)27(34)14-28)22(30)25-13-26-23(31)21-9-8-20(35-21)15-10-16(24(32)33)12-17(29)11-15/h8-12,14,18-19,29,34H,3-7,13H2,1-2H3,(H,25,30)(H,26,31)(H,32,33). The summed E-state index contributed by atoms with van der Waals surface area (Å²) in [6.07, 6.45) is 3.72. The second kappa shape index (κ2) is 13.1. The van der Waals surface area contributed by atoms with Crippen molar-refractivity contribution >= 4 is 24.2 Å². The number of hydrogen-bond acceptors (Lipinski definition) is 7. The first-order valence-corrected chi connectivity index (χ1v) is 11.4. The van der Waals surface area contributed by atoms with Crippen LogP contribution < -0.4 is 10.6 Å². The highest BCUT2D eigenvalue weighted by Crippen LogP contribution is 2.27. The average molecular weight is 490 g/mol. The van der Waals surface area contributed by atoms with E-state index in [0.717, 1.165) is 25.3 Å². The van der Waals surface area contributed by atoms with E-state index < -0.39 is 29.7 Å². The van der Waals surface area contributed by atoms with E-state index in [4.69, 9.17) is 9.52 Å². The molecule has 2 rings (SSSR count). The Labute approximate surface area is 202 Å². The predicted octanol–water partition coefficient (Wildman–Crippen LogP) is 2.98. The van der Waals surface area contributed by atoms with Gasteiger partial charge in [0.25, 0.3) is 5.91 Å². The molecular formula is C24H31N3O8. The zero-order valence-corrected chi connectivity index (χ0v) is 19.7. The van der Waals surface area contributed by atoms with E-state index in [1.807, 2.05) is 6.92 Å². The molecule has 1 aromatic carbocycles. The summed E-state index contributed by atoms with van der Waals surface area (Å²) >= 11 is 0. The van der Waals surface area contributed by atoms with Crippen molar-refractivity contribution in [2.45, 2.75) is 52.0 Å². The molecule has 2 unspecified atom stereocenters. The van der Waals surface area contributed by atoms with Crippen molar-refractivity contribution in [1.29, 1.82) is 0 Å². The Balaban J connectivity index is 2.02. The minimum atomic E-state index is -1.22. The Kier molecular flexibility index (Phi) is 10.3. The second-order valence-corrected chi connectivity index (χ2v) is 8.02. The molecular weight excluding hydrogens is 458 g/mol. The number of phenolic OH excluding ortho intramolecular Hbond substituents is 1. The Morgan fingerprint density at radius 1 is 1.11 bits per heavy atom. The zero-order valence-electron chi connectivity index (χ0n) is 19.7. The molecule has 1 aromatic heterocycles. The molecule has 0 aliphatic heterocycles. The molecule has 1 heterocycles. The van der Waals surface area contributed by atoms with E-state index in [2.05, 4.69) is 10.6 Å². The number of phenols is 1. The van der Waals surface area contributed by atoms with Crippen LogP contribution in [0.1, 0.15) is 66.9 Å². The lowest BCUT2D eigenvalue weighted by atomic mass is 9.90. The SMILES string of the molecule is CCCCCC(C(=O)NCNC(=O)c1ccc(-c2cc(O)cc(C(=O)O)c2)o1)C(CC)N(O)C=O. The molecule has 5 N–H and O–H groups in total. The molecule has 0 saturated carbocycles. The van der Waals surface area contributed by atoms with Crippen molar-refractivity contribution in [2.75, 3.05) is 6.67 Å². The van der Waals surface area contributed by atoms with Crippen LogP contribution in [0.3, 0.4) is 0 Å². The lowest BCUT2D eigenvalue weighted by Crippen LogP contribution is -2.47. The third kappa shape index (κ3) is 7.57. The summed E-state index contributed by atoms with van der Waals surface area (Å²) in [5.41, 5.74) is 0.138. The molecule has 190 valence electrons. The summed E-state index contributed by atoms with van der Waals surface area (Å²) in [5, 5.41) is 34.4. The van der Waals surface area contributed by atoms with Gasteiger partial charge in [0.15, 0.2) is 5.76 Å². The van der Waals surface area contributed by atoms with Gasteiger partial charge in [0, 0.05) is 5.56 Å². The molecule has 2 atom stereocenters. The van der Waals surface area contributed by atoms with Crippen LogP contribution in [0.5, 0.6) is 5.75 Å². The number of nitrogens with one attached hydrogen (secondary N) is 2. The molecule has 0 bridgehead atoms. The van der Waals surface area contributed by atoms with E-state index in [1.54, 1.807) is 6.92 Å². The van der Waals surface area contributed by atoms with Gasteiger partial charge < -0.3 is 25.3 Å². The lowest BCUT2D eigenvalue weighted by Gasteiger charge is -2.29. The predicted molar refractivity (Wildman–Crippen MR) is 125 cm³/mol. The monoisotopic (exact) mass is 489 g/mol. The molecule has 11 nitrogen and oxygen atoms in total. The fraction of sp³-hybridized carbons (Fsp3) is 0.417. The summed E-state index contributed by atoms with van der Waals surface area (Å²) in [6, 6.07) is 5.85. The number of rotatable bonds is 14. The highest BCUT2D eigenvalue weighted by Gasteiger charge is 2.30. The molecule has 0 spiro atoms. The third-order valence-electron chi connectivity index (χ3n) is 5.58. The van der Waals surface area contributed by atoms with Gasteiger partial charge in [-0.05, 0) is 43.2 Å². The van der Waals surface area contributed by atoms with Crippen LogP contribution in [-0.4, -0.2) is 57.4 Å². The van der Waals surface area contributed by atoms with Gasteiger partial charge in [-0.15, -0.1) is 0 Å². The number of amides is 3. The molecule has 0 aliphatic rings. The maximum atomic E-state index is 12.8. The van der Waals surface area contributed by atoms with Crippen LogP contribution in [0.25, 0.3) is 11.3 Å². The number of carboxylic acids is 1. The quantitative estimate of drug-likeness (QED) is 0.0886. The third-order valence-corrected chi connectivity index (χ3v) is 5.58. The number of aromatic hydroxyl groups is 1. The fourth-order valence-electron chi connectivity index (χ4n) is 3.77. The Morgan fingerprint density at radius 2 is 1.86 bits per heavy atom. The smallest absolute Gasteiger partial charge is 0.335 e. The number of carbonyl (C=O) groups excluding carboxylic acids is 3. The van der Waals surface area contributed by atoms with Gasteiger partial charge in [0.2, 0.25) is 12.3 Å². The number of hydroxylamine groups is 2. The minimum Gasteiger partial charge on any atom is -0.508 e. The molecule has 2 aromatic rings. The highest BCUT2D eigenvalue weighted by atomic mass is 16.5. The topological polar surface area (TPSA) is 169 Å². The summed E-state index contributed by atoms with van der Waals surface area (Å²) in [6.45, 7) is 3.58. The van der Waals surface area contributed by atoms with Crippen LogP contribution in [0.2, 0.25) is 0 Å². The second-order valence-electron chi connectivity index (χ2n) is 8.02. The van der Waals surface area contributed by atoms with Crippen molar-refractivity contribution in [1.82, 2.24) is 15.7 Å². The van der Waals surface area contributed by atoms with Gasteiger partial charge in [0.1, 0.15) is 11.5 Å². The number of nitrogens with zero attached hydrogens (tertiary/aromatic N) is 1. The van der Waals surface area contributed by atoms with E-state index in [0.29, 0.717) is 17.9 Å². The summed E-state index contributed by atoms with van der Waals surface area (Å²) < 4.78 is 5.49. The van der Waals surface area contributed by atoms with Gasteiger partial charge in [-0.1, -0.05) is 33.1 Å². The molecule has 35 heavy (non-hydrogen) atoms. The Morgan fingerprint density at radius 3 is 2.49 bits per heavy atom. The van der Waals surface area contributed by atoms with E-state index in [-0.39, 0.29) is 41.5 Å². The number of furan rings is 1. The first-order valence-electron chi connectivity index (χ1n) is 11.4. The van der Waals surface area contributed by atoms with Crippen LogP contribution in [-0.2, 0) is 9.59 Å². The normalized spacial score (nSPS) is 12.4. The first-order chi connectivity index (χ1) is 16.7. The van der Waals surface area contributed by atoms with Crippen molar-refractivity contribution in [3.05, 3.63) is 41.7 Å². The number of hydrogen-bond donors (Lipinski definition) is 5. The van der Waals surface area contributed by atoms with Crippen LogP contribution in [0.15, 0.2) is 34.7 Å². The van der Waals surface area contributed by atoms with Crippen LogP contribution in [0, 0.1) is 5.92 Å².